The first-order chi connectivity index (χ1) is 24.9. The molecule has 1 saturated heterocycles. The minimum Gasteiger partial charge on any atom is -0.463 e. The van der Waals surface area contributed by atoms with Crippen molar-refractivity contribution in [3.63, 3.8) is 0 Å². The Hall–Kier alpha value is -1.22. The number of aliphatic hydroxyl groups excluding tert-OH is 2. The van der Waals surface area contributed by atoms with Crippen molar-refractivity contribution in [3.8, 4) is 0 Å². The SMILES string of the molecule is CCCCCCCCCCCCCCCCCC(=O)OC[C@H]1O[C@@H](OC)[C@H](O)[C@@H](O)[C@@H]1OC(=O)CCCCCCCCCCCCCCCCC. The van der Waals surface area contributed by atoms with E-state index in [4.69, 9.17) is 18.9 Å². The Labute approximate surface area is 313 Å². The van der Waals surface area contributed by atoms with Gasteiger partial charge in [0.15, 0.2) is 12.4 Å². The van der Waals surface area contributed by atoms with Gasteiger partial charge in [0, 0.05) is 20.0 Å². The van der Waals surface area contributed by atoms with Crippen molar-refractivity contribution in [2.75, 3.05) is 13.7 Å². The first-order valence-corrected chi connectivity index (χ1v) is 21.8. The summed E-state index contributed by atoms with van der Waals surface area (Å²) in [6.07, 6.45) is 32.2. The summed E-state index contributed by atoms with van der Waals surface area (Å²) in [5.41, 5.74) is 0. The maximum absolute atomic E-state index is 12.7. The number of carbonyl (C=O) groups is 2. The molecule has 1 aliphatic heterocycles. The van der Waals surface area contributed by atoms with Crippen LogP contribution in [0.15, 0.2) is 0 Å². The van der Waals surface area contributed by atoms with Crippen molar-refractivity contribution in [3.05, 3.63) is 0 Å². The van der Waals surface area contributed by atoms with Gasteiger partial charge >= 0.3 is 11.9 Å². The summed E-state index contributed by atoms with van der Waals surface area (Å²) in [5.74, 6) is -0.791. The van der Waals surface area contributed by atoms with E-state index in [1.54, 1.807) is 0 Å². The van der Waals surface area contributed by atoms with E-state index in [0.717, 1.165) is 32.1 Å². The molecule has 302 valence electrons. The molecule has 0 aromatic heterocycles. The van der Waals surface area contributed by atoms with Crippen LogP contribution in [0.3, 0.4) is 0 Å². The highest BCUT2D eigenvalue weighted by atomic mass is 16.7. The lowest BCUT2D eigenvalue weighted by molar-refractivity contribution is -0.297. The number of hydrogen-bond donors (Lipinski definition) is 2. The van der Waals surface area contributed by atoms with Crippen molar-refractivity contribution in [2.45, 2.75) is 250 Å². The van der Waals surface area contributed by atoms with Gasteiger partial charge in [-0.2, -0.15) is 0 Å². The first kappa shape index (κ1) is 47.8. The maximum Gasteiger partial charge on any atom is 0.306 e. The zero-order valence-corrected chi connectivity index (χ0v) is 33.6. The van der Waals surface area contributed by atoms with E-state index in [9.17, 15) is 19.8 Å². The van der Waals surface area contributed by atoms with Gasteiger partial charge in [0.1, 0.15) is 24.9 Å². The lowest BCUT2D eigenvalue weighted by atomic mass is 9.99. The van der Waals surface area contributed by atoms with E-state index in [-0.39, 0.29) is 19.0 Å². The monoisotopic (exact) mass is 727 g/mol. The topological polar surface area (TPSA) is 112 Å². The van der Waals surface area contributed by atoms with Crippen molar-refractivity contribution in [1.82, 2.24) is 0 Å². The average molecular weight is 727 g/mol. The Balaban J connectivity index is 2.17. The molecule has 0 saturated carbocycles. The molecule has 5 atom stereocenters. The summed E-state index contributed by atoms with van der Waals surface area (Å²) in [5, 5.41) is 21.2. The van der Waals surface area contributed by atoms with Gasteiger partial charge in [-0.25, -0.2) is 0 Å². The maximum atomic E-state index is 12.7. The molecule has 1 heterocycles. The Bertz CT molecular complexity index is 792. The van der Waals surface area contributed by atoms with Gasteiger partial charge in [-0.05, 0) is 12.8 Å². The molecule has 0 unspecified atom stereocenters. The highest BCUT2D eigenvalue weighted by Gasteiger charge is 2.47. The predicted molar refractivity (Wildman–Crippen MR) is 208 cm³/mol. The number of methoxy groups -OCH3 is 1. The van der Waals surface area contributed by atoms with Gasteiger partial charge in [0.25, 0.3) is 0 Å². The van der Waals surface area contributed by atoms with Gasteiger partial charge in [0.05, 0.1) is 0 Å². The predicted octanol–water partition coefficient (Wildman–Crippen LogP) is 11.1. The van der Waals surface area contributed by atoms with Gasteiger partial charge < -0.3 is 29.2 Å². The number of esters is 2. The van der Waals surface area contributed by atoms with Crippen LogP contribution >= 0.6 is 0 Å². The van der Waals surface area contributed by atoms with Gasteiger partial charge in [-0.1, -0.05) is 194 Å². The fraction of sp³-hybridized carbons (Fsp3) is 0.953. The number of hydrogen-bond acceptors (Lipinski definition) is 8. The van der Waals surface area contributed by atoms with Crippen LogP contribution in [0.25, 0.3) is 0 Å². The minimum absolute atomic E-state index is 0.182. The van der Waals surface area contributed by atoms with Crippen LogP contribution in [0, 0.1) is 0 Å². The largest absolute Gasteiger partial charge is 0.463 e. The van der Waals surface area contributed by atoms with Crippen LogP contribution in [-0.4, -0.2) is 66.6 Å². The molecule has 0 bridgehead atoms. The van der Waals surface area contributed by atoms with Gasteiger partial charge in [-0.3, -0.25) is 9.59 Å². The van der Waals surface area contributed by atoms with Crippen molar-refractivity contribution >= 4 is 11.9 Å². The van der Waals surface area contributed by atoms with Crippen LogP contribution in [0.4, 0.5) is 0 Å². The molecule has 0 aliphatic carbocycles. The summed E-state index contributed by atoms with van der Waals surface area (Å²) >= 11 is 0. The third-order valence-electron chi connectivity index (χ3n) is 10.5. The van der Waals surface area contributed by atoms with E-state index in [0.29, 0.717) is 12.8 Å². The second-order valence-corrected chi connectivity index (χ2v) is 15.3. The normalized spacial score (nSPS) is 20.5. The Morgan fingerprint density at radius 1 is 0.490 bits per heavy atom. The Morgan fingerprint density at radius 3 is 1.18 bits per heavy atom. The lowest BCUT2D eigenvalue weighted by Crippen LogP contribution is -2.60. The van der Waals surface area contributed by atoms with Crippen LogP contribution < -0.4 is 0 Å². The highest BCUT2D eigenvalue weighted by molar-refractivity contribution is 5.70. The molecule has 1 fully saturated rings. The average Bonchev–Trinajstić information content (AvgIpc) is 3.13. The number of rotatable bonds is 36. The second-order valence-electron chi connectivity index (χ2n) is 15.3. The zero-order valence-electron chi connectivity index (χ0n) is 33.6. The molecule has 0 aromatic carbocycles. The summed E-state index contributed by atoms with van der Waals surface area (Å²) in [6.45, 7) is 4.34. The summed E-state index contributed by atoms with van der Waals surface area (Å²) < 4.78 is 22.0. The third kappa shape index (κ3) is 26.2. The zero-order chi connectivity index (χ0) is 37.2. The molecule has 0 amide bonds. The second kappa shape index (κ2) is 34.5. The van der Waals surface area contributed by atoms with Crippen LogP contribution in [0.5, 0.6) is 0 Å². The molecule has 0 spiro atoms. The van der Waals surface area contributed by atoms with Crippen LogP contribution in [0.2, 0.25) is 0 Å². The lowest BCUT2D eigenvalue weighted by Gasteiger charge is -2.41. The molecule has 8 heteroatoms. The van der Waals surface area contributed by atoms with E-state index >= 15 is 0 Å². The summed E-state index contributed by atoms with van der Waals surface area (Å²) in [7, 11) is 1.36. The number of aliphatic hydroxyl groups is 2. The quantitative estimate of drug-likeness (QED) is 0.0485. The molecule has 0 aromatic rings. The molecule has 8 nitrogen and oxygen atoms in total. The molecular weight excluding hydrogens is 644 g/mol. The number of carbonyl (C=O) groups excluding carboxylic acids is 2. The minimum atomic E-state index is -1.41. The van der Waals surface area contributed by atoms with E-state index < -0.39 is 36.7 Å². The van der Waals surface area contributed by atoms with Crippen LogP contribution in [-0.2, 0) is 28.5 Å². The molecular formula is C43H82O8. The Morgan fingerprint density at radius 2 is 0.824 bits per heavy atom. The fourth-order valence-corrected chi connectivity index (χ4v) is 7.12. The standard InChI is InChI=1S/C43H82O8/c1-4-6-8-10-12-14-16-18-20-22-24-26-28-30-32-34-38(44)49-36-37-42(40(46)41(47)43(48-3)50-37)51-39(45)35-33-31-29-27-25-23-21-19-17-15-13-11-9-7-5-2/h37,40-43,46-47H,4-36H2,1-3H3/t37-,40-,41-,42-,43-/m1/s1. The number of unbranched alkanes of at least 4 members (excludes halogenated alkanes) is 28. The Kier molecular flexibility index (Phi) is 32.4. The van der Waals surface area contributed by atoms with Gasteiger partial charge in [-0.15, -0.1) is 0 Å². The van der Waals surface area contributed by atoms with Gasteiger partial charge in [0.2, 0.25) is 0 Å². The molecule has 0 radical (unpaired) electrons. The number of ether oxygens (including phenoxy) is 4. The van der Waals surface area contributed by atoms with E-state index in [2.05, 4.69) is 13.8 Å². The summed E-state index contributed by atoms with van der Waals surface area (Å²) in [4.78, 5) is 25.2. The third-order valence-corrected chi connectivity index (χ3v) is 10.5. The molecule has 1 aliphatic rings. The smallest absolute Gasteiger partial charge is 0.306 e. The molecule has 51 heavy (non-hydrogen) atoms. The highest BCUT2D eigenvalue weighted by Crippen LogP contribution is 2.26. The molecule has 1 rings (SSSR count). The van der Waals surface area contributed by atoms with E-state index in [1.165, 1.54) is 161 Å². The van der Waals surface area contributed by atoms with E-state index in [1.807, 2.05) is 0 Å². The van der Waals surface area contributed by atoms with Crippen molar-refractivity contribution in [1.29, 1.82) is 0 Å². The first-order valence-electron chi connectivity index (χ1n) is 21.8. The van der Waals surface area contributed by atoms with Crippen molar-refractivity contribution in [2.24, 2.45) is 0 Å². The van der Waals surface area contributed by atoms with Crippen LogP contribution in [0.1, 0.15) is 219 Å². The molecule has 2 N–H and O–H groups in total. The van der Waals surface area contributed by atoms with Crippen molar-refractivity contribution < 1.29 is 38.7 Å². The summed E-state index contributed by atoms with van der Waals surface area (Å²) in [6, 6.07) is 0. The fourth-order valence-electron chi connectivity index (χ4n) is 7.12.